The lowest BCUT2D eigenvalue weighted by molar-refractivity contribution is 0.0940. The molecule has 1 rings (SSSR count). The highest BCUT2D eigenvalue weighted by atomic mass is 16.6. The van der Waals surface area contributed by atoms with Crippen molar-refractivity contribution in [3.8, 4) is 5.75 Å². The molecule has 0 saturated heterocycles. The van der Waals surface area contributed by atoms with Crippen LogP contribution in [0, 0.1) is 5.92 Å². The topological polar surface area (TPSA) is 58.6 Å². The summed E-state index contributed by atoms with van der Waals surface area (Å²) in [4.78, 5) is 11.4. The Bertz CT molecular complexity index is 363. The van der Waals surface area contributed by atoms with Crippen molar-refractivity contribution in [2.45, 2.75) is 26.9 Å². The average molecular weight is 223 g/mol. The highest BCUT2D eigenvalue weighted by Gasteiger charge is 2.12. The first-order chi connectivity index (χ1) is 7.49. The summed E-state index contributed by atoms with van der Waals surface area (Å²) in [5.41, 5.74) is 0.515. The molecular formula is C12H17NO3. The fraction of sp³-hybridized carbons (Fsp3) is 0.417. The van der Waals surface area contributed by atoms with Crippen molar-refractivity contribution in [2.24, 2.45) is 5.92 Å². The zero-order valence-electron chi connectivity index (χ0n) is 9.73. The van der Waals surface area contributed by atoms with E-state index in [0.717, 1.165) is 0 Å². The standard InChI is InChI=1S/C12H17NO3/c1-8(2)9(3)16-12(15)13-10-5-4-6-11(14)7-10/h4-9,14H,1-3H3,(H,13,15). The Morgan fingerprint density at radius 2 is 2.06 bits per heavy atom. The molecule has 0 heterocycles. The van der Waals surface area contributed by atoms with Crippen molar-refractivity contribution in [1.29, 1.82) is 0 Å². The number of amides is 1. The van der Waals surface area contributed by atoms with Crippen molar-refractivity contribution in [3.63, 3.8) is 0 Å². The normalized spacial score (nSPS) is 12.2. The van der Waals surface area contributed by atoms with Crippen molar-refractivity contribution in [3.05, 3.63) is 24.3 Å². The molecule has 0 aliphatic heterocycles. The maximum atomic E-state index is 11.4. The summed E-state index contributed by atoms with van der Waals surface area (Å²) in [7, 11) is 0. The van der Waals surface area contributed by atoms with E-state index in [1.165, 1.54) is 12.1 Å². The van der Waals surface area contributed by atoms with E-state index in [4.69, 9.17) is 4.74 Å². The molecule has 1 amide bonds. The van der Waals surface area contributed by atoms with E-state index in [0.29, 0.717) is 5.69 Å². The maximum absolute atomic E-state index is 11.4. The first-order valence-electron chi connectivity index (χ1n) is 5.25. The molecular weight excluding hydrogens is 206 g/mol. The predicted molar refractivity (Wildman–Crippen MR) is 62.5 cm³/mol. The molecule has 88 valence electrons. The molecule has 16 heavy (non-hydrogen) atoms. The molecule has 0 aliphatic carbocycles. The number of benzene rings is 1. The van der Waals surface area contributed by atoms with Gasteiger partial charge in [0.25, 0.3) is 0 Å². The van der Waals surface area contributed by atoms with Crippen molar-refractivity contribution >= 4 is 11.8 Å². The van der Waals surface area contributed by atoms with Crippen LogP contribution in [-0.2, 0) is 4.74 Å². The predicted octanol–water partition coefficient (Wildman–Crippen LogP) is 2.99. The van der Waals surface area contributed by atoms with Gasteiger partial charge >= 0.3 is 6.09 Å². The minimum atomic E-state index is -0.508. The molecule has 0 fully saturated rings. The molecule has 1 atom stereocenters. The van der Waals surface area contributed by atoms with Gasteiger partial charge in [-0.05, 0) is 25.0 Å². The summed E-state index contributed by atoms with van der Waals surface area (Å²) in [6.45, 7) is 5.80. The fourth-order valence-corrected chi connectivity index (χ4v) is 1.04. The zero-order chi connectivity index (χ0) is 12.1. The average Bonchev–Trinajstić information content (AvgIpc) is 2.16. The van der Waals surface area contributed by atoms with Crippen LogP contribution < -0.4 is 5.32 Å². The smallest absolute Gasteiger partial charge is 0.411 e. The number of hydrogen-bond acceptors (Lipinski definition) is 3. The van der Waals surface area contributed by atoms with Crippen LogP contribution in [0.2, 0.25) is 0 Å². The number of ether oxygens (including phenoxy) is 1. The molecule has 0 radical (unpaired) electrons. The molecule has 1 unspecified atom stereocenters. The first kappa shape index (κ1) is 12.4. The van der Waals surface area contributed by atoms with Crippen LogP contribution >= 0.6 is 0 Å². The van der Waals surface area contributed by atoms with Crippen LogP contribution in [0.1, 0.15) is 20.8 Å². The van der Waals surface area contributed by atoms with Gasteiger partial charge in [-0.2, -0.15) is 0 Å². The van der Waals surface area contributed by atoms with Crippen molar-refractivity contribution in [2.75, 3.05) is 5.32 Å². The minimum absolute atomic E-state index is 0.106. The molecule has 4 nitrogen and oxygen atoms in total. The summed E-state index contributed by atoms with van der Waals surface area (Å²) >= 11 is 0. The van der Waals surface area contributed by atoms with Crippen molar-refractivity contribution in [1.82, 2.24) is 0 Å². The van der Waals surface area contributed by atoms with E-state index in [-0.39, 0.29) is 17.8 Å². The van der Waals surface area contributed by atoms with E-state index in [1.54, 1.807) is 12.1 Å². The summed E-state index contributed by atoms with van der Waals surface area (Å²) < 4.78 is 5.12. The molecule has 2 N–H and O–H groups in total. The third-order valence-electron chi connectivity index (χ3n) is 2.32. The summed E-state index contributed by atoms with van der Waals surface area (Å²) in [6, 6.07) is 6.33. The molecule has 0 aliphatic rings. The maximum Gasteiger partial charge on any atom is 0.411 e. The van der Waals surface area contributed by atoms with Gasteiger partial charge in [0.05, 0.1) is 0 Å². The SMILES string of the molecule is CC(C)C(C)OC(=O)Nc1cccc(O)c1. The number of anilines is 1. The largest absolute Gasteiger partial charge is 0.508 e. The lowest BCUT2D eigenvalue weighted by Gasteiger charge is -2.16. The number of carbonyl (C=O) groups is 1. The van der Waals surface area contributed by atoms with Gasteiger partial charge < -0.3 is 9.84 Å². The molecule has 0 saturated carbocycles. The highest BCUT2D eigenvalue weighted by Crippen LogP contribution is 2.16. The summed E-state index contributed by atoms with van der Waals surface area (Å²) in [5.74, 6) is 0.379. The van der Waals surface area contributed by atoms with Gasteiger partial charge in [0, 0.05) is 11.8 Å². The Balaban J connectivity index is 2.52. The van der Waals surface area contributed by atoms with Crippen LogP contribution in [0.4, 0.5) is 10.5 Å². The molecule has 1 aromatic rings. The Labute approximate surface area is 95.2 Å². The van der Waals surface area contributed by atoms with E-state index in [1.807, 2.05) is 20.8 Å². The molecule has 0 spiro atoms. The number of nitrogens with one attached hydrogen (secondary N) is 1. The lowest BCUT2D eigenvalue weighted by atomic mass is 10.1. The number of aromatic hydroxyl groups is 1. The molecule has 4 heteroatoms. The number of rotatable bonds is 3. The second-order valence-electron chi connectivity index (χ2n) is 4.03. The zero-order valence-corrected chi connectivity index (χ0v) is 9.73. The van der Waals surface area contributed by atoms with Crippen LogP contribution in [0.15, 0.2) is 24.3 Å². The minimum Gasteiger partial charge on any atom is -0.508 e. The van der Waals surface area contributed by atoms with Gasteiger partial charge in [0.15, 0.2) is 0 Å². The Hall–Kier alpha value is -1.71. The van der Waals surface area contributed by atoms with Gasteiger partial charge in [-0.1, -0.05) is 19.9 Å². The van der Waals surface area contributed by atoms with Crippen LogP contribution in [0.5, 0.6) is 5.75 Å². The van der Waals surface area contributed by atoms with E-state index < -0.39 is 6.09 Å². The second kappa shape index (κ2) is 5.39. The number of phenolic OH excluding ortho intramolecular Hbond substituents is 1. The third kappa shape index (κ3) is 3.81. The van der Waals surface area contributed by atoms with Crippen LogP contribution in [0.25, 0.3) is 0 Å². The van der Waals surface area contributed by atoms with E-state index in [9.17, 15) is 9.90 Å². The quantitative estimate of drug-likeness (QED) is 0.828. The summed E-state index contributed by atoms with van der Waals surface area (Å²) in [5, 5.41) is 11.8. The van der Waals surface area contributed by atoms with Crippen molar-refractivity contribution < 1.29 is 14.6 Å². The number of phenols is 1. The van der Waals surface area contributed by atoms with Crippen LogP contribution in [-0.4, -0.2) is 17.3 Å². The van der Waals surface area contributed by atoms with Gasteiger partial charge in [-0.3, -0.25) is 5.32 Å². The van der Waals surface area contributed by atoms with Crippen LogP contribution in [0.3, 0.4) is 0 Å². The molecule has 0 bridgehead atoms. The van der Waals surface area contributed by atoms with E-state index in [2.05, 4.69) is 5.32 Å². The number of hydrogen-bond donors (Lipinski definition) is 2. The number of carbonyl (C=O) groups excluding carboxylic acids is 1. The van der Waals surface area contributed by atoms with Gasteiger partial charge in [0.2, 0.25) is 0 Å². The van der Waals surface area contributed by atoms with Gasteiger partial charge in [-0.25, -0.2) is 4.79 Å². The Morgan fingerprint density at radius 1 is 1.38 bits per heavy atom. The first-order valence-corrected chi connectivity index (χ1v) is 5.25. The molecule has 1 aromatic carbocycles. The monoisotopic (exact) mass is 223 g/mol. The molecule has 0 aromatic heterocycles. The lowest BCUT2D eigenvalue weighted by Crippen LogP contribution is -2.23. The van der Waals surface area contributed by atoms with Gasteiger partial charge in [0.1, 0.15) is 11.9 Å². The second-order valence-corrected chi connectivity index (χ2v) is 4.03. The van der Waals surface area contributed by atoms with E-state index >= 15 is 0 Å². The highest BCUT2D eigenvalue weighted by molar-refractivity contribution is 5.84. The fourth-order valence-electron chi connectivity index (χ4n) is 1.04. The third-order valence-corrected chi connectivity index (χ3v) is 2.32. The summed E-state index contributed by atoms with van der Waals surface area (Å²) in [6.07, 6.45) is -0.649. The Kier molecular flexibility index (Phi) is 4.17. The Morgan fingerprint density at radius 3 is 2.62 bits per heavy atom. The van der Waals surface area contributed by atoms with Gasteiger partial charge in [-0.15, -0.1) is 0 Å².